The lowest BCUT2D eigenvalue weighted by molar-refractivity contribution is -0.153. The molecule has 1 aromatic rings. The van der Waals surface area contributed by atoms with Crippen LogP contribution in [0, 0.1) is 23.2 Å². The van der Waals surface area contributed by atoms with Gasteiger partial charge in [-0.1, -0.05) is 31.0 Å². The fraction of sp³-hybridized carbons (Fsp3) is 0.444. The molecule has 1 saturated carbocycles. The van der Waals surface area contributed by atoms with Gasteiger partial charge in [0.05, 0.1) is 23.5 Å². The number of nitrogens with zero attached hydrogens (tertiary/aromatic N) is 2. The van der Waals surface area contributed by atoms with Gasteiger partial charge in [-0.05, 0) is 18.9 Å². The van der Waals surface area contributed by atoms with Crippen LogP contribution < -0.4 is 0 Å². The minimum atomic E-state index is -0.636. The lowest BCUT2D eigenvalue weighted by atomic mass is 9.81. The SMILES string of the molecule is N#Cc1ccccc1COC(=O)CN1C(=O)[C@H]2CCCC[C@H]2C1=O. The van der Waals surface area contributed by atoms with Crippen molar-refractivity contribution in [1.82, 2.24) is 4.90 Å². The van der Waals surface area contributed by atoms with Crippen LogP contribution in [0.1, 0.15) is 36.8 Å². The standard InChI is InChI=1S/C18H18N2O4/c19-9-12-5-1-2-6-13(12)11-24-16(21)10-20-17(22)14-7-3-4-8-15(14)18(20)23/h1-2,5-6,14-15H,3-4,7-8,10-11H2/t14-,15+. The van der Waals surface area contributed by atoms with Crippen molar-refractivity contribution in [2.75, 3.05) is 6.54 Å². The molecule has 0 bridgehead atoms. The van der Waals surface area contributed by atoms with Crippen molar-refractivity contribution in [3.05, 3.63) is 35.4 Å². The molecule has 0 aromatic heterocycles. The average Bonchev–Trinajstić information content (AvgIpc) is 2.85. The zero-order valence-electron chi connectivity index (χ0n) is 13.2. The number of fused-ring (bicyclic) bond motifs is 1. The van der Waals surface area contributed by atoms with Gasteiger partial charge in [-0.3, -0.25) is 19.3 Å². The van der Waals surface area contributed by atoms with Gasteiger partial charge in [0.1, 0.15) is 13.2 Å². The zero-order valence-corrected chi connectivity index (χ0v) is 13.2. The predicted octanol–water partition coefficient (Wildman–Crippen LogP) is 1.78. The first-order valence-corrected chi connectivity index (χ1v) is 8.10. The van der Waals surface area contributed by atoms with E-state index < -0.39 is 5.97 Å². The van der Waals surface area contributed by atoms with Gasteiger partial charge in [0.2, 0.25) is 11.8 Å². The van der Waals surface area contributed by atoms with E-state index in [9.17, 15) is 14.4 Å². The second-order valence-electron chi connectivity index (χ2n) is 6.19. The van der Waals surface area contributed by atoms with Gasteiger partial charge < -0.3 is 4.74 Å². The van der Waals surface area contributed by atoms with Gasteiger partial charge in [0.25, 0.3) is 0 Å². The van der Waals surface area contributed by atoms with E-state index in [2.05, 4.69) is 0 Å². The third kappa shape index (κ3) is 3.02. The molecule has 124 valence electrons. The molecule has 2 atom stereocenters. The maximum absolute atomic E-state index is 12.3. The summed E-state index contributed by atoms with van der Waals surface area (Å²) in [7, 11) is 0. The molecule has 0 unspecified atom stereocenters. The Morgan fingerprint density at radius 2 is 1.79 bits per heavy atom. The van der Waals surface area contributed by atoms with E-state index in [1.807, 2.05) is 6.07 Å². The van der Waals surface area contributed by atoms with Crippen LogP contribution in [-0.4, -0.2) is 29.2 Å². The second kappa shape index (κ2) is 6.83. The lowest BCUT2D eigenvalue weighted by Gasteiger charge is -2.19. The summed E-state index contributed by atoms with van der Waals surface area (Å²) in [5.41, 5.74) is 1.03. The third-order valence-corrected chi connectivity index (χ3v) is 4.75. The lowest BCUT2D eigenvalue weighted by Crippen LogP contribution is -2.36. The molecule has 2 aliphatic rings. The number of carbonyl (C=O) groups excluding carboxylic acids is 3. The maximum atomic E-state index is 12.3. The predicted molar refractivity (Wildman–Crippen MR) is 83.1 cm³/mol. The van der Waals surface area contributed by atoms with Gasteiger partial charge in [-0.2, -0.15) is 5.26 Å². The summed E-state index contributed by atoms with van der Waals surface area (Å²) >= 11 is 0. The average molecular weight is 326 g/mol. The molecule has 1 aromatic carbocycles. The number of benzene rings is 1. The summed E-state index contributed by atoms with van der Waals surface area (Å²) in [6.45, 7) is -0.398. The number of esters is 1. The molecule has 1 aliphatic carbocycles. The van der Waals surface area contributed by atoms with Crippen molar-refractivity contribution < 1.29 is 19.1 Å². The molecule has 3 rings (SSSR count). The minimum Gasteiger partial charge on any atom is -0.459 e. The van der Waals surface area contributed by atoms with Crippen molar-refractivity contribution in [3.63, 3.8) is 0 Å². The molecule has 2 fully saturated rings. The second-order valence-corrected chi connectivity index (χ2v) is 6.19. The number of hydrogen-bond donors (Lipinski definition) is 0. The quantitative estimate of drug-likeness (QED) is 0.621. The number of carbonyl (C=O) groups is 3. The highest BCUT2D eigenvalue weighted by Crippen LogP contribution is 2.37. The van der Waals surface area contributed by atoms with Crippen molar-refractivity contribution in [2.24, 2.45) is 11.8 Å². The molecule has 24 heavy (non-hydrogen) atoms. The molecular weight excluding hydrogens is 308 g/mol. The van der Waals surface area contributed by atoms with Gasteiger partial charge in [-0.25, -0.2) is 0 Å². The van der Waals surface area contributed by atoms with E-state index >= 15 is 0 Å². The number of imide groups is 1. The van der Waals surface area contributed by atoms with E-state index in [0.717, 1.165) is 30.6 Å². The fourth-order valence-corrected chi connectivity index (χ4v) is 3.48. The van der Waals surface area contributed by atoms with Crippen molar-refractivity contribution in [2.45, 2.75) is 32.3 Å². The minimum absolute atomic E-state index is 0.0500. The maximum Gasteiger partial charge on any atom is 0.326 e. The number of hydrogen-bond acceptors (Lipinski definition) is 5. The van der Waals surface area contributed by atoms with Crippen LogP contribution in [0.5, 0.6) is 0 Å². The fourth-order valence-electron chi connectivity index (χ4n) is 3.48. The molecular formula is C18H18N2O4. The summed E-state index contributed by atoms with van der Waals surface area (Å²) in [5, 5.41) is 9.01. The monoisotopic (exact) mass is 326 g/mol. The van der Waals surface area contributed by atoms with E-state index in [-0.39, 0.29) is 36.8 Å². The Bertz CT molecular complexity index is 698. The molecule has 1 saturated heterocycles. The highest BCUT2D eigenvalue weighted by Gasteiger charge is 2.48. The molecule has 1 heterocycles. The molecule has 6 heteroatoms. The van der Waals surface area contributed by atoms with Crippen molar-refractivity contribution in [1.29, 1.82) is 5.26 Å². The smallest absolute Gasteiger partial charge is 0.326 e. The Kier molecular flexibility index (Phi) is 4.61. The summed E-state index contributed by atoms with van der Waals surface area (Å²) in [5.74, 6) is -1.67. The number of amides is 2. The third-order valence-electron chi connectivity index (χ3n) is 4.75. The van der Waals surface area contributed by atoms with Crippen molar-refractivity contribution in [3.8, 4) is 6.07 Å². The van der Waals surface area contributed by atoms with Gasteiger partial charge in [0, 0.05) is 5.56 Å². The van der Waals surface area contributed by atoms with Crippen LogP contribution in [-0.2, 0) is 25.7 Å². The summed E-state index contributed by atoms with van der Waals surface area (Å²) < 4.78 is 5.15. The molecule has 6 nitrogen and oxygen atoms in total. The molecule has 1 aliphatic heterocycles. The first kappa shape index (κ1) is 16.2. The number of nitriles is 1. The van der Waals surface area contributed by atoms with E-state index in [4.69, 9.17) is 10.00 Å². The first-order valence-electron chi connectivity index (χ1n) is 8.10. The number of ether oxygens (including phenoxy) is 1. The largest absolute Gasteiger partial charge is 0.459 e. The zero-order chi connectivity index (χ0) is 17.1. The van der Waals surface area contributed by atoms with Crippen LogP contribution in [0.25, 0.3) is 0 Å². The van der Waals surface area contributed by atoms with Crippen LogP contribution in [0.4, 0.5) is 0 Å². The first-order chi connectivity index (χ1) is 11.6. The van der Waals surface area contributed by atoms with Gasteiger partial charge >= 0.3 is 5.97 Å². The Morgan fingerprint density at radius 1 is 1.17 bits per heavy atom. The normalized spacial score (nSPS) is 22.9. The van der Waals surface area contributed by atoms with E-state index in [1.165, 1.54) is 0 Å². The highest BCUT2D eigenvalue weighted by atomic mass is 16.5. The van der Waals surface area contributed by atoms with Gasteiger partial charge in [-0.15, -0.1) is 0 Å². The summed E-state index contributed by atoms with van der Waals surface area (Å²) in [6, 6.07) is 8.85. The molecule has 0 N–H and O–H groups in total. The Morgan fingerprint density at radius 3 is 2.42 bits per heavy atom. The highest BCUT2D eigenvalue weighted by molar-refractivity contribution is 6.07. The van der Waals surface area contributed by atoms with Crippen LogP contribution >= 0.6 is 0 Å². The summed E-state index contributed by atoms with van der Waals surface area (Å²) in [6.07, 6.45) is 3.33. The van der Waals surface area contributed by atoms with E-state index in [0.29, 0.717) is 11.1 Å². The molecule has 2 amide bonds. The molecule has 0 radical (unpaired) electrons. The van der Waals surface area contributed by atoms with Gasteiger partial charge in [0.15, 0.2) is 0 Å². The Hall–Kier alpha value is -2.68. The number of rotatable bonds is 4. The molecule has 0 spiro atoms. The van der Waals surface area contributed by atoms with Crippen LogP contribution in [0.3, 0.4) is 0 Å². The topological polar surface area (TPSA) is 87.5 Å². The Labute approximate surface area is 140 Å². The summed E-state index contributed by atoms with van der Waals surface area (Å²) in [4.78, 5) is 37.7. The number of likely N-dealkylation sites (tertiary alicyclic amines) is 1. The van der Waals surface area contributed by atoms with Crippen LogP contribution in [0.15, 0.2) is 24.3 Å². The van der Waals surface area contributed by atoms with Crippen LogP contribution in [0.2, 0.25) is 0 Å². The Balaban J connectivity index is 1.60. The van der Waals surface area contributed by atoms with E-state index in [1.54, 1.807) is 24.3 Å². The van der Waals surface area contributed by atoms with Crippen molar-refractivity contribution >= 4 is 17.8 Å².